The lowest BCUT2D eigenvalue weighted by molar-refractivity contribution is 0.0123. The van der Waals surface area contributed by atoms with Crippen molar-refractivity contribution in [2.75, 3.05) is 24.5 Å². The number of ether oxygens (including phenoxy) is 1. The molecule has 0 aromatic heterocycles. The van der Waals surface area contributed by atoms with Crippen molar-refractivity contribution in [3.8, 4) is 0 Å². The zero-order valence-corrected chi connectivity index (χ0v) is 12.2. The molecule has 3 rings (SSSR count). The Labute approximate surface area is 120 Å². The highest BCUT2D eigenvalue weighted by molar-refractivity contribution is 5.91. The maximum atomic E-state index is 12.3. The molecule has 0 aliphatic carbocycles. The molecule has 4 heteroatoms. The van der Waals surface area contributed by atoms with E-state index in [1.165, 1.54) is 0 Å². The number of aryl methyl sites for hydroxylation is 1. The van der Waals surface area contributed by atoms with Crippen molar-refractivity contribution in [1.82, 2.24) is 5.32 Å². The van der Waals surface area contributed by atoms with Crippen LogP contribution in [0, 0.1) is 12.8 Å². The Hall–Kier alpha value is -1.55. The van der Waals surface area contributed by atoms with Gasteiger partial charge in [0.25, 0.3) is 0 Å². The average Bonchev–Trinajstić information content (AvgIpc) is 2.77. The Morgan fingerprint density at radius 3 is 2.90 bits per heavy atom. The van der Waals surface area contributed by atoms with E-state index in [0.717, 1.165) is 37.2 Å². The molecule has 2 atom stereocenters. The van der Waals surface area contributed by atoms with Crippen molar-refractivity contribution in [1.29, 1.82) is 0 Å². The monoisotopic (exact) mass is 274 g/mol. The lowest BCUT2D eigenvalue weighted by Crippen LogP contribution is -2.46. The van der Waals surface area contributed by atoms with Gasteiger partial charge in [-0.25, -0.2) is 4.79 Å². The van der Waals surface area contributed by atoms with Crippen LogP contribution < -0.4 is 10.2 Å². The summed E-state index contributed by atoms with van der Waals surface area (Å²) in [5, 5.41) is 3.41. The van der Waals surface area contributed by atoms with Gasteiger partial charge in [0.2, 0.25) is 0 Å². The summed E-state index contributed by atoms with van der Waals surface area (Å²) in [6.07, 6.45) is 2.06. The lowest BCUT2D eigenvalue weighted by atomic mass is 9.83. The number of rotatable bonds is 2. The van der Waals surface area contributed by atoms with Crippen LogP contribution in [-0.2, 0) is 4.74 Å². The molecule has 1 aromatic carbocycles. The zero-order valence-electron chi connectivity index (χ0n) is 12.2. The van der Waals surface area contributed by atoms with E-state index in [0.29, 0.717) is 12.5 Å². The fourth-order valence-corrected chi connectivity index (χ4v) is 3.30. The van der Waals surface area contributed by atoms with Gasteiger partial charge in [-0.15, -0.1) is 0 Å². The fraction of sp³-hybridized carbons (Fsp3) is 0.562. The number of benzene rings is 1. The average molecular weight is 274 g/mol. The third kappa shape index (κ3) is 2.29. The molecule has 2 heterocycles. The van der Waals surface area contributed by atoms with Crippen LogP contribution in [0.1, 0.15) is 25.3 Å². The predicted molar refractivity (Wildman–Crippen MR) is 79.0 cm³/mol. The second-order valence-corrected chi connectivity index (χ2v) is 6.10. The molecular weight excluding hydrogens is 252 g/mol. The van der Waals surface area contributed by atoms with Crippen molar-refractivity contribution in [2.45, 2.75) is 32.3 Å². The van der Waals surface area contributed by atoms with E-state index < -0.39 is 0 Å². The normalized spacial score (nSPS) is 30.4. The van der Waals surface area contributed by atoms with Gasteiger partial charge in [0.1, 0.15) is 5.60 Å². The smallest absolute Gasteiger partial charge is 0.415 e. The standard InChI is InChI=1S/C16H22N2O2/c1-12-6-3-4-8-14(12)18-11-16(2,20-15(18)19)13-7-5-9-17-10-13/h3-4,6,8,13,17H,5,7,9-11H2,1-2H3. The fourth-order valence-electron chi connectivity index (χ4n) is 3.30. The molecule has 20 heavy (non-hydrogen) atoms. The Kier molecular flexibility index (Phi) is 3.42. The first-order valence-electron chi connectivity index (χ1n) is 7.37. The SMILES string of the molecule is Cc1ccccc1N1CC(C)(C2CCCNC2)OC1=O. The van der Waals surface area contributed by atoms with Crippen LogP contribution in [0.5, 0.6) is 0 Å². The van der Waals surface area contributed by atoms with Crippen molar-refractivity contribution in [3.63, 3.8) is 0 Å². The summed E-state index contributed by atoms with van der Waals surface area (Å²) in [5.41, 5.74) is 1.69. The summed E-state index contributed by atoms with van der Waals surface area (Å²) >= 11 is 0. The number of para-hydroxylation sites is 1. The van der Waals surface area contributed by atoms with Crippen LogP contribution in [0.2, 0.25) is 0 Å². The van der Waals surface area contributed by atoms with Gasteiger partial charge in [-0.05, 0) is 44.9 Å². The number of nitrogens with one attached hydrogen (secondary N) is 1. The van der Waals surface area contributed by atoms with Crippen LogP contribution in [0.15, 0.2) is 24.3 Å². The first-order valence-corrected chi connectivity index (χ1v) is 7.37. The van der Waals surface area contributed by atoms with Crippen molar-refractivity contribution in [2.24, 2.45) is 5.92 Å². The lowest BCUT2D eigenvalue weighted by Gasteiger charge is -2.34. The molecular formula is C16H22N2O2. The number of carbonyl (C=O) groups is 1. The van der Waals surface area contributed by atoms with Crippen LogP contribution in [0.25, 0.3) is 0 Å². The molecule has 2 unspecified atom stereocenters. The van der Waals surface area contributed by atoms with Gasteiger partial charge in [-0.1, -0.05) is 18.2 Å². The summed E-state index contributed by atoms with van der Waals surface area (Å²) in [6.45, 7) is 6.75. The van der Waals surface area contributed by atoms with Crippen molar-refractivity contribution >= 4 is 11.8 Å². The summed E-state index contributed by atoms with van der Waals surface area (Å²) in [5.74, 6) is 0.397. The number of hydrogen-bond donors (Lipinski definition) is 1. The summed E-state index contributed by atoms with van der Waals surface area (Å²) in [4.78, 5) is 14.1. The maximum absolute atomic E-state index is 12.3. The molecule has 2 fully saturated rings. The number of cyclic esters (lactones) is 1. The van der Waals surface area contributed by atoms with Gasteiger partial charge < -0.3 is 10.1 Å². The Bertz CT molecular complexity index is 511. The van der Waals surface area contributed by atoms with Crippen LogP contribution in [-0.4, -0.2) is 31.3 Å². The number of piperidine rings is 1. The number of amides is 1. The molecule has 0 saturated carbocycles. The van der Waals surface area contributed by atoms with Gasteiger partial charge >= 0.3 is 6.09 Å². The summed E-state index contributed by atoms with van der Waals surface area (Å²) in [7, 11) is 0. The first-order chi connectivity index (χ1) is 9.60. The summed E-state index contributed by atoms with van der Waals surface area (Å²) in [6, 6.07) is 7.97. The van der Waals surface area contributed by atoms with Gasteiger partial charge in [0.05, 0.1) is 12.2 Å². The van der Waals surface area contributed by atoms with E-state index in [2.05, 4.69) is 12.2 Å². The Morgan fingerprint density at radius 2 is 2.20 bits per heavy atom. The number of nitrogens with zero attached hydrogens (tertiary/aromatic N) is 1. The van der Waals surface area contributed by atoms with Crippen molar-refractivity contribution in [3.05, 3.63) is 29.8 Å². The van der Waals surface area contributed by atoms with E-state index >= 15 is 0 Å². The predicted octanol–water partition coefficient (Wildman–Crippen LogP) is 2.71. The Morgan fingerprint density at radius 1 is 1.40 bits per heavy atom. The molecule has 2 saturated heterocycles. The van der Waals surface area contributed by atoms with Gasteiger partial charge in [0, 0.05) is 12.5 Å². The molecule has 2 aliphatic heterocycles. The van der Waals surface area contributed by atoms with Gasteiger partial charge in [0.15, 0.2) is 0 Å². The second-order valence-electron chi connectivity index (χ2n) is 6.10. The minimum Gasteiger partial charge on any atom is -0.441 e. The third-order valence-electron chi connectivity index (χ3n) is 4.58. The minimum atomic E-state index is -0.382. The van der Waals surface area contributed by atoms with E-state index in [-0.39, 0.29) is 11.7 Å². The molecule has 1 N–H and O–H groups in total. The van der Waals surface area contributed by atoms with Gasteiger partial charge in [-0.2, -0.15) is 0 Å². The van der Waals surface area contributed by atoms with E-state index in [1.807, 2.05) is 31.2 Å². The molecule has 1 aromatic rings. The van der Waals surface area contributed by atoms with E-state index in [4.69, 9.17) is 4.74 Å². The maximum Gasteiger partial charge on any atom is 0.415 e. The molecule has 1 amide bonds. The quantitative estimate of drug-likeness (QED) is 0.901. The van der Waals surface area contributed by atoms with E-state index in [9.17, 15) is 4.79 Å². The summed E-state index contributed by atoms with van der Waals surface area (Å²) < 4.78 is 5.76. The first kappa shape index (κ1) is 13.4. The minimum absolute atomic E-state index is 0.215. The highest BCUT2D eigenvalue weighted by atomic mass is 16.6. The highest BCUT2D eigenvalue weighted by Crippen LogP contribution is 2.36. The van der Waals surface area contributed by atoms with E-state index in [1.54, 1.807) is 4.90 Å². The molecule has 0 spiro atoms. The molecule has 0 radical (unpaired) electrons. The van der Waals surface area contributed by atoms with Crippen LogP contribution >= 0.6 is 0 Å². The second kappa shape index (κ2) is 5.09. The third-order valence-corrected chi connectivity index (χ3v) is 4.58. The molecule has 2 aliphatic rings. The number of anilines is 1. The van der Waals surface area contributed by atoms with Crippen LogP contribution in [0.3, 0.4) is 0 Å². The van der Waals surface area contributed by atoms with Crippen molar-refractivity contribution < 1.29 is 9.53 Å². The number of hydrogen-bond acceptors (Lipinski definition) is 3. The highest BCUT2D eigenvalue weighted by Gasteiger charge is 2.47. The molecule has 0 bridgehead atoms. The van der Waals surface area contributed by atoms with Crippen LogP contribution in [0.4, 0.5) is 10.5 Å². The molecule has 4 nitrogen and oxygen atoms in total. The number of carbonyl (C=O) groups excluding carboxylic acids is 1. The Balaban J connectivity index is 1.83. The largest absolute Gasteiger partial charge is 0.441 e. The zero-order chi connectivity index (χ0) is 14.2. The topological polar surface area (TPSA) is 41.6 Å². The molecule has 108 valence electrons. The van der Waals surface area contributed by atoms with Gasteiger partial charge in [-0.3, -0.25) is 4.90 Å².